The molecule has 2 aliphatic rings. The van der Waals surface area contributed by atoms with Gasteiger partial charge in [-0.2, -0.15) is 0 Å². The number of rotatable bonds is 3. The molecule has 1 N–H and O–H groups in total. The van der Waals surface area contributed by atoms with Crippen LogP contribution in [0.25, 0.3) is 6.08 Å². The first-order valence-corrected chi connectivity index (χ1v) is 8.49. The smallest absolute Gasteiger partial charge is 0.191 e. The van der Waals surface area contributed by atoms with Crippen molar-refractivity contribution >= 4 is 11.9 Å². The molecule has 1 atom stereocenters. The lowest BCUT2D eigenvalue weighted by molar-refractivity contribution is 0.103. The molecule has 0 saturated heterocycles. The Bertz CT molecular complexity index is 741. The Hall–Kier alpha value is -2.19. The SMILES string of the molecule is O=C1/C(=C/c2ccccc2)C(NC2CCCC2)c2ccccc21. The summed E-state index contributed by atoms with van der Waals surface area (Å²) in [4.78, 5) is 12.9. The maximum absolute atomic E-state index is 12.9. The summed E-state index contributed by atoms with van der Waals surface area (Å²) in [5.41, 5.74) is 3.95. The van der Waals surface area contributed by atoms with Crippen LogP contribution < -0.4 is 5.32 Å². The monoisotopic (exact) mass is 303 g/mol. The third kappa shape index (κ3) is 2.75. The van der Waals surface area contributed by atoms with Crippen molar-refractivity contribution in [2.24, 2.45) is 0 Å². The van der Waals surface area contributed by atoms with Crippen LogP contribution in [0.1, 0.15) is 53.2 Å². The Morgan fingerprint density at radius 3 is 2.39 bits per heavy atom. The number of hydrogen-bond acceptors (Lipinski definition) is 2. The van der Waals surface area contributed by atoms with Crippen molar-refractivity contribution in [3.05, 3.63) is 76.9 Å². The average molecular weight is 303 g/mol. The Morgan fingerprint density at radius 1 is 0.913 bits per heavy atom. The lowest BCUT2D eigenvalue weighted by Gasteiger charge is -2.20. The third-order valence-corrected chi connectivity index (χ3v) is 4.97. The Kier molecular flexibility index (Phi) is 3.84. The summed E-state index contributed by atoms with van der Waals surface area (Å²) in [6.45, 7) is 0. The fraction of sp³-hybridized carbons (Fsp3) is 0.286. The molecule has 2 heteroatoms. The number of Topliss-reactive ketones (excluding diaryl/α,β-unsaturated/α-hetero) is 1. The van der Waals surface area contributed by atoms with Gasteiger partial charge in [0.1, 0.15) is 0 Å². The van der Waals surface area contributed by atoms with Crippen LogP contribution in [0.4, 0.5) is 0 Å². The van der Waals surface area contributed by atoms with Crippen molar-refractivity contribution in [2.45, 2.75) is 37.8 Å². The Labute approximate surface area is 137 Å². The van der Waals surface area contributed by atoms with Crippen LogP contribution >= 0.6 is 0 Å². The molecule has 0 aromatic heterocycles. The Morgan fingerprint density at radius 2 is 1.61 bits per heavy atom. The van der Waals surface area contributed by atoms with Gasteiger partial charge in [0.2, 0.25) is 0 Å². The minimum Gasteiger partial charge on any atom is -0.303 e. The van der Waals surface area contributed by atoms with Crippen molar-refractivity contribution in [1.82, 2.24) is 5.32 Å². The minimum absolute atomic E-state index is 0.0296. The molecule has 4 rings (SSSR count). The first-order chi connectivity index (χ1) is 11.3. The van der Waals surface area contributed by atoms with E-state index in [0.717, 1.165) is 22.3 Å². The van der Waals surface area contributed by atoms with Gasteiger partial charge in [-0.3, -0.25) is 4.79 Å². The topological polar surface area (TPSA) is 29.1 Å². The highest BCUT2D eigenvalue weighted by Gasteiger charge is 2.35. The first kappa shape index (κ1) is 14.4. The van der Waals surface area contributed by atoms with Crippen LogP contribution in [0, 0.1) is 0 Å². The molecule has 0 bridgehead atoms. The quantitative estimate of drug-likeness (QED) is 0.843. The number of fused-ring (bicyclic) bond motifs is 1. The summed E-state index contributed by atoms with van der Waals surface area (Å²) in [7, 11) is 0. The van der Waals surface area contributed by atoms with E-state index < -0.39 is 0 Å². The fourth-order valence-electron chi connectivity index (χ4n) is 3.80. The predicted molar refractivity (Wildman–Crippen MR) is 93.3 cm³/mol. The summed E-state index contributed by atoms with van der Waals surface area (Å²) in [6, 6.07) is 18.7. The molecule has 1 unspecified atom stereocenters. The minimum atomic E-state index is 0.0296. The van der Waals surface area contributed by atoms with Crippen LogP contribution in [0.5, 0.6) is 0 Å². The van der Waals surface area contributed by atoms with Crippen LogP contribution in [0.2, 0.25) is 0 Å². The van der Waals surface area contributed by atoms with E-state index in [2.05, 4.69) is 29.6 Å². The lowest BCUT2D eigenvalue weighted by atomic mass is 10.0. The van der Waals surface area contributed by atoms with E-state index in [-0.39, 0.29) is 11.8 Å². The van der Waals surface area contributed by atoms with Crippen molar-refractivity contribution in [2.75, 3.05) is 0 Å². The molecule has 0 radical (unpaired) electrons. The number of carbonyl (C=O) groups is 1. The van der Waals surface area contributed by atoms with E-state index in [1.807, 2.05) is 36.4 Å². The zero-order valence-corrected chi connectivity index (χ0v) is 13.2. The molecule has 1 fully saturated rings. The molecule has 0 heterocycles. The molecular formula is C21H21NO. The summed E-state index contributed by atoms with van der Waals surface area (Å²) in [5, 5.41) is 3.75. The normalized spacial score (nSPS) is 22.7. The number of benzene rings is 2. The second-order valence-corrected chi connectivity index (χ2v) is 6.51. The van der Waals surface area contributed by atoms with Crippen molar-refractivity contribution < 1.29 is 4.79 Å². The van der Waals surface area contributed by atoms with Gasteiger partial charge in [-0.05, 0) is 30.0 Å². The highest BCUT2D eigenvalue weighted by molar-refractivity contribution is 6.16. The van der Waals surface area contributed by atoms with Crippen LogP contribution in [0.15, 0.2) is 60.2 Å². The van der Waals surface area contributed by atoms with Crippen molar-refractivity contribution in [3.63, 3.8) is 0 Å². The van der Waals surface area contributed by atoms with Crippen molar-refractivity contribution in [1.29, 1.82) is 0 Å². The second kappa shape index (κ2) is 6.13. The van der Waals surface area contributed by atoms with Crippen LogP contribution in [-0.2, 0) is 0 Å². The molecular weight excluding hydrogens is 282 g/mol. The van der Waals surface area contributed by atoms with E-state index in [9.17, 15) is 4.79 Å². The van der Waals surface area contributed by atoms with Gasteiger partial charge in [-0.25, -0.2) is 0 Å². The van der Waals surface area contributed by atoms with Gasteiger partial charge >= 0.3 is 0 Å². The maximum atomic E-state index is 12.9. The zero-order chi connectivity index (χ0) is 15.6. The van der Waals surface area contributed by atoms with Gasteiger partial charge in [-0.1, -0.05) is 67.4 Å². The molecule has 0 amide bonds. The average Bonchev–Trinajstić information content (AvgIpc) is 3.19. The molecule has 0 aliphatic heterocycles. The third-order valence-electron chi connectivity index (χ3n) is 4.97. The van der Waals surface area contributed by atoms with Gasteiger partial charge in [0.05, 0.1) is 6.04 Å². The fourth-order valence-corrected chi connectivity index (χ4v) is 3.80. The first-order valence-electron chi connectivity index (χ1n) is 8.49. The molecule has 2 aliphatic carbocycles. The molecule has 2 aromatic carbocycles. The number of nitrogens with one attached hydrogen (secondary N) is 1. The van der Waals surface area contributed by atoms with Crippen molar-refractivity contribution in [3.8, 4) is 0 Å². The second-order valence-electron chi connectivity index (χ2n) is 6.51. The van der Waals surface area contributed by atoms with Crippen LogP contribution in [0.3, 0.4) is 0 Å². The molecule has 23 heavy (non-hydrogen) atoms. The summed E-state index contributed by atoms with van der Waals surface area (Å²) < 4.78 is 0. The molecule has 1 saturated carbocycles. The highest BCUT2D eigenvalue weighted by Crippen LogP contribution is 2.38. The largest absolute Gasteiger partial charge is 0.303 e. The van der Waals surface area contributed by atoms with Gasteiger partial charge in [-0.15, -0.1) is 0 Å². The summed E-state index contributed by atoms with van der Waals surface area (Å²) in [5.74, 6) is 0.167. The molecule has 0 spiro atoms. The summed E-state index contributed by atoms with van der Waals surface area (Å²) in [6.07, 6.45) is 7.06. The van der Waals surface area contributed by atoms with E-state index >= 15 is 0 Å². The predicted octanol–water partition coefficient (Wildman–Crippen LogP) is 4.54. The van der Waals surface area contributed by atoms with Gasteiger partial charge < -0.3 is 5.32 Å². The zero-order valence-electron chi connectivity index (χ0n) is 13.2. The molecule has 2 aromatic rings. The Balaban J connectivity index is 1.73. The van der Waals surface area contributed by atoms with E-state index in [1.165, 1.54) is 25.7 Å². The maximum Gasteiger partial charge on any atom is 0.191 e. The van der Waals surface area contributed by atoms with Gasteiger partial charge in [0.25, 0.3) is 0 Å². The number of ketones is 1. The van der Waals surface area contributed by atoms with Gasteiger partial charge in [0, 0.05) is 17.2 Å². The van der Waals surface area contributed by atoms with Gasteiger partial charge in [0.15, 0.2) is 5.78 Å². The molecule has 116 valence electrons. The van der Waals surface area contributed by atoms with E-state index in [4.69, 9.17) is 0 Å². The summed E-state index contributed by atoms with van der Waals surface area (Å²) >= 11 is 0. The number of carbonyl (C=O) groups excluding carboxylic acids is 1. The lowest BCUT2D eigenvalue weighted by Crippen LogP contribution is -2.30. The van der Waals surface area contributed by atoms with E-state index in [0.29, 0.717) is 6.04 Å². The molecule has 2 nitrogen and oxygen atoms in total. The highest BCUT2D eigenvalue weighted by atomic mass is 16.1. The van der Waals surface area contributed by atoms with Crippen LogP contribution in [-0.4, -0.2) is 11.8 Å². The number of hydrogen-bond donors (Lipinski definition) is 1. The standard InChI is InChI=1S/C21H21NO/c23-21-18-13-7-6-12-17(18)20(22-16-10-4-5-11-16)19(21)14-15-8-2-1-3-9-15/h1-3,6-9,12-14,16,20,22H,4-5,10-11H2/b19-14+. The van der Waals surface area contributed by atoms with E-state index in [1.54, 1.807) is 0 Å².